The predicted octanol–water partition coefficient (Wildman–Crippen LogP) is 4.54. The van der Waals surface area contributed by atoms with E-state index in [1.54, 1.807) is 182 Å². The highest BCUT2D eigenvalue weighted by Crippen LogP contribution is 2.40. The number of nitrogens with one attached hydrogen (secondary N) is 8. The monoisotopic (exact) mass is 1710 g/mol. The molecule has 1 aliphatic carbocycles. The maximum absolute atomic E-state index is 14.6. The lowest BCUT2D eigenvalue weighted by atomic mass is 9.83. The maximum atomic E-state index is 14.6. The standard InChI is InChI=1S/C87H104N8O28/c96-45-64-74(122-79-66(94-86(107)115-50-57-31-16-5-17-32-57)70(100)69(99)63(117-79)44-91-84(105)113-48-55-27-12-3-13-28-55)76(109-42-41-88-38-22-39-89-82(103)111-46-53-23-8-1-9-24-53)81(118-64)123-75-68(98)60(92-77(102)62(97)37-40-90-83(104)112-47-54-25-10-2-11-26-54)43-61(93-85(106)114-49-56-29-14-4-15-30-56)72(75)120-80-67(95-87(108)116-51-58-33-18-6-19-34-58)71(101)73-65(119-80)52-110-78(121-73)59-35-20-7-21-36-59/h1-21,23-36,60-76,78-81,88,96-101H,22,37-52H2,(H,89,103)(H,90,104)(H,91,105)(H,92,102)(H,93,106)(H,94,107)(H,95,108)/t60-,61+,62+,63+,64-,65-,66-,67-,68+,69-,70-,71-,72-,73-,74-,75-,76-,78?,79-,80-,81+/m1/s1. The molecule has 36 heteroatoms. The zero-order chi connectivity index (χ0) is 86.2. The Morgan fingerprint density at radius 3 is 1.33 bits per heavy atom. The Kier molecular flexibility index (Phi) is 34.9. The number of amides is 7. The first-order valence-electron chi connectivity index (χ1n) is 40.5. The fourth-order valence-electron chi connectivity index (χ4n) is 14.3. The summed E-state index contributed by atoms with van der Waals surface area (Å²) >= 11 is 0. The van der Waals surface area contributed by atoms with Crippen molar-refractivity contribution in [3.8, 4) is 0 Å². The van der Waals surface area contributed by atoms with E-state index in [0.717, 1.165) is 5.56 Å². The number of hydrogen-bond acceptors (Lipinski definition) is 29. The van der Waals surface area contributed by atoms with E-state index in [4.69, 9.17) is 71.1 Å². The Morgan fingerprint density at radius 2 is 0.829 bits per heavy atom. The molecule has 5 fully saturated rings. The normalized spacial score (nSPS) is 26.7. The number of benzene rings is 7. The van der Waals surface area contributed by atoms with E-state index in [1.807, 2.05) is 30.3 Å². The average Bonchev–Trinajstić information content (AvgIpc) is 1.75. The molecule has 5 aliphatic rings. The van der Waals surface area contributed by atoms with Crippen LogP contribution >= 0.6 is 0 Å². The molecular weight excluding hydrogens is 1600 g/mol. The Balaban J connectivity index is 0.877. The molecule has 0 aromatic heterocycles. The van der Waals surface area contributed by atoms with Crippen LogP contribution in [0.15, 0.2) is 212 Å². The van der Waals surface area contributed by atoms with Crippen LogP contribution in [0, 0.1) is 0 Å². The molecule has 7 aromatic rings. The highest BCUT2D eigenvalue weighted by molar-refractivity contribution is 5.81. The van der Waals surface area contributed by atoms with Crippen molar-refractivity contribution in [2.75, 3.05) is 52.5 Å². The first-order valence-corrected chi connectivity index (χ1v) is 40.5. The van der Waals surface area contributed by atoms with Crippen LogP contribution in [0.4, 0.5) is 28.8 Å². The second kappa shape index (κ2) is 47.0. The summed E-state index contributed by atoms with van der Waals surface area (Å²) in [5.41, 5.74) is 4.42. The van der Waals surface area contributed by atoms with Crippen LogP contribution in [0.1, 0.15) is 64.5 Å². The summed E-state index contributed by atoms with van der Waals surface area (Å²) in [6.07, 6.45) is -35.6. The fraction of sp³-hybridized carbons (Fsp3) is 0.437. The highest BCUT2D eigenvalue weighted by atomic mass is 16.8. The van der Waals surface area contributed by atoms with Gasteiger partial charge in [-0.25, -0.2) is 28.8 Å². The molecule has 1 unspecified atom stereocenters. The van der Waals surface area contributed by atoms with Crippen molar-refractivity contribution in [1.82, 2.24) is 42.5 Å². The second-order valence-corrected chi connectivity index (χ2v) is 29.5. The Morgan fingerprint density at radius 1 is 0.398 bits per heavy atom. The number of alkyl carbamates (subject to hydrolysis) is 6. The number of aliphatic hydroxyl groups is 6. The molecule has 0 bridgehead atoms. The Labute approximate surface area is 708 Å². The summed E-state index contributed by atoms with van der Waals surface area (Å²) in [6.45, 7) is -2.86. The Bertz CT molecular complexity index is 4390. The molecule has 7 amide bonds. The molecule has 14 N–H and O–H groups in total. The summed E-state index contributed by atoms with van der Waals surface area (Å²) < 4.78 is 93.3. The highest BCUT2D eigenvalue weighted by Gasteiger charge is 2.58. The minimum Gasteiger partial charge on any atom is -0.445 e. The van der Waals surface area contributed by atoms with Gasteiger partial charge in [0.15, 0.2) is 25.2 Å². The first kappa shape index (κ1) is 91.2. The molecule has 4 aliphatic heterocycles. The van der Waals surface area contributed by atoms with E-state index in [-0.39, 0.29) is 79.0 Å². The molecule has 7 aromatic carbocycles. The first-order chi connectivity index (χ1) is 59.9. The third-order valence-corrected chi connectivity index (χ3v) is 20.7. The summed E-state index contributed by atoms with van der Waals surface area (Å²) in [7, 11) is 0. The van der Waals surface area contributed by atoms with E-state index in [9.17, 15) is 64.2 Å². The van der Waals surface area contributed by atoms with Crippen molar-refractivity contribution in [2.24, 2.45) is 0 Å². The lowest BCUT2D eigenvalue weighted by Gasteiger charge is -2.51. The molecule has 123 heavy (non-hydrogen) atoms. The lowest BCUT2D eigenvalue weighted by molar-refractivity contribution is -0.358. The van der Waals surface area contributed by atoms with Gasteiger partial charge in [0.2, 0.25) is 5.91 Å². The topological polar surface area (TPSA) is 476 Å². The van der Waals surface area contributed by atoms with Gasteiger partial charge in [0.25, 0.3) is 0 Å². The summed E-state index contributed by atoms with van der Waals surface area (Å²) in [5, 5.41) is 95.1. The summed E-state index contributed by atoms with van der Waals surface area (Å²) in [6, 6.07) is 54.7. The van der Waals surface area contributed by atoms with Gasteiger partial charge in [0.1, 0.15) is 131 Å². The smallest absolute Gasteiger partial charge is 0.407 e. The molecule has 21 atom stereocenters. The van der Waals surface area contributed by atoms with Crippen molar-refractivity contribution in [3.05, 3.63) is 251 Å². The number of fused-ring (bicyclic) bond motifs is 1. The van der Waals surface area contributed by atoms with Crippen molar-refractivity contribution < 1.29 is 135 Å². The van der Waals surface area contributed by atoms with Crippen molar-refractivity contribution >= 4 is 42.5 Å². The van der Waals surface area contributed by atoms with Crippen LogP contribution in [0.2, 0.25) is 0 Å². The van der Waals surface area contributed by atoms with Gasteiger partial charge < -0.3 is 144 Å². The largest absolute Gasteiger partial charge is 0.445 e. The van der Waals surface area contributed by atoms with Crippen LogP contribution in [-0.2, 0) is 115 Å². The van der Waals surface area contributed by atoms with Crippen LogP contribution in [-0.4, -0.2) is 248 Å². The van der Waals surface area contributed by atoms with Gasteiger partial charge in [0, 0.05) is 31.7 Å². The lowest BCUT2D eigenvalue weighted by Crippen LogP contribution is -2.71. The molecule has 4 saturated heterocycles. The van der Waals surface area contributed by atoms with E-state index in [0.29, 0.717) is 39.8 Å². The minimum absolute atomic E-state index is 0.0233. The van der Waals surface area contributed by atoms with Crippen LogP contribution in [0.3, 0.4) is 0 Å². The van der Waals surface area contributed by atoms with Gasteiger partial charge in [-0.3, -0.25) is 4.79 Å². The number of carbonyl (C=O) groups excluding carboxylic acids is 7. The summed E-state index contributed by atoms with van der Waals surface area (Å²) in [4.78, 5) is 96.3. The van der Waals surface area contributed by atoms with E-state index in [1.165, 1.54) is 0 Å². The molecule has 12 rings (SSSR count). The van der Waals surface area contributed by atoms with Crippen molar-refractivity contribution in [2.45, 2.75) is 188 Å². The van der Waals surface area contributed by atoms with Gasteiger partial charge in [-0.15, -0.1) is 0 Å². The molecular formula is C87H104N8O28. The molecule has 0 spiro atoms. The van der Waals surface area contributed by atoms with Crippen LogP contribution in [0.5, 0.6) is 0 Å². The zero-order valence-corrected chi connectivity index (χ0v) is 67.0. The second-order valence-electron chi connectivity index (χ2n) is 29.5. The molecule has 4 heterocycles. The third kappa shape index (κ3) is 27.2. The number of ether oxygens (including phenoxy) is 15. The Hall–Kier alpha value is -11.0. The maximum Gasteiger partial charge on any atom is 0.407 e. The molecule has 36 nitrogen and oxygen atoms in total. The zero-order valence-electron chi connectivity index (χ0n) is 67.0. The minimum atomic E-state index is -2.07. The SMILES string of the molecule is O=C(NCCCNCCO[C@H]1[C@H](O[C@@H]2[C@@H](O)[C@H](NC(=O)[C@@H](O)CCNC(=O)OCc3ccccc3)C[C@H](NC(=O)OCc3ccccc3)[C@H]2O[C@H]2O[C@@H]3COC(c4ccccc4)O[C@H]3[C@H](O)[C@H]2NC(=O)OCc2ccccc2)O[C@H](CO)[C@H]1O[C@H]1O[C@@H](CNC(=O)OCc2ccccc2)[C@@H](O)[C@H](O)[C@H]1NC(=O)OCc1ccccc1)OCc1ccccc1. The number of carbonyl (C=O) groups is 7. The van der Waals surface area contributed by atoms with Gasteiger partial charge in [-0.05, 0) is 59.2 Å². The number of aliphatic hydroxyl groups excluding tert-OH is 6. The quantitative estimate of drug-likeness (QED) is 0.0187. The van der Waals surface area contributed by atoms with Gasteiger partial charge in [-0.2, -0.15) is 0 Å². The van der Waals surface area contributed by atoms with E-state index in [2.05, 4.69) is 42.5 Å². The summed E-state index contributed by atoms with van der Waals surface area (Å²) in [5.74, 6) is -1.10. The van der Waals surface area contributed by atoms with Crippen molar-refractivity contribution in [1.29, 1.82) is 0 Å². The van der Waals surface area contributed by atoms with Gasteiger partial charge in [0.05, 0.1) is 31.9 Å². The van der Waals surface area contributed by atoms with Gasteiger partial charge in [-0.1, -0.05) is 212 Å². The molecule has 1 saturated carbocycles. The molecule has 660 valence electrons. The number of hydrogen-bond donors (Lipinski definition) is 14. The van der Waals surface area contributed by atoms with Crippen LogP contribution < -0.4 is 42.5 Å². The molecule has 0 radical (unpaired) electrons. The third-order valence-electron chi connectivity index (χ3n) is 20.7. The van der Waals surface area contributed by atoms with Crippen molar-refractivity contribution in [3.63, 3.8) is 0 Å². The van der Waals surface area contributed by atoms with E-state index >= 15 is 0 Å². The average molecular weight is 1710 g/mol. The van der Waals surface area contributed by atoms with E-state index < -0.39 is 197 Å². The fourth-order valence-corrected chi connectivity index (χ4v) is 14.3. The van der Waals surface area contributed by atoms with Crippen LogP contribution in [0.25, 0.3) is 0 Å². The number of rotatable bonds is 38. The van der Waals surface area contributed by atoms with Gasteiger partial charge >= 0.3 is 36.6 Å². The predicted molar refractivity (Wildman–Crippen MR) is 431 cm³/mol.